The number of aromatic nitrogens is 3. The van der Waals surface area contributed by atoms with E-state index in [-0.39, 0.29) is 0 Å². The zero-order valence-electron chi connectivity index (χ0n) is 17.1. The van der Waals surface area contributed by atoms with Gasteiger partial charge in [-0.15, -0.1) is 0 Å². The molecule has 154 valence electrons. The number of benzene rings is 2. The van der Waals surface area contributed by atoms with Gasteiger partial charge in [-0.05, 0) is 47.4 Å². The van der Waals surface area contributed by atoms with Crippen molar-refractivity contribution in [3.05, 3.63) is 65.5 Å². The van der Waals surface area contributed by atoms with Crippen LogP contribution in [0.5, 0.6) is 5.88 Å². The molecule has 0 fully saturated rings. The molecular weight excluding hydrogens is 390 g/mol. The fourth-order valence-corrected chi connectivity index (χ4v) is 4.14. The van der Waals surface area contributed by atoms with Crippen LogP contribution in [0.15, 0.2) is 48.8 Å². The first kappa shape index (κ1) is 18.1. The van der Waals surface area contributed by atoms with Gasteiger partial charge < -0.3 is 20.1 Å². The van der Waals surface area contributed by atoms with E-state index in [1.165, 1.54) is 11.1 Å². The van der Waals surface area contributed by atoms with Gasteiger partial charge in [-0.2, -0.15) is 0 Å². The molecule has 2 aromatic heterocycles. The SMILES string of the molecule is Cc1c(-c2ccc3cnc(Nc4ccc5c(c4)COC5)nc3c2)cnc2c1NCCO2. The van der Waals surface area contributed by atoms with Gasteiger partial charge in [-0.3, -0.25) is 0 Å². The van der Waals surface area contributed by atoms with Crippen LogP contribution in [0, 0.1) is 6.92 Å². The van der Waals surface area contributed by atoms with Crippen molar-refractivity contribution in [1.82, 2.24) is 15.0 Å². The summed E-state index contributed by atoms with van der Waals surface area (Å²) in [4.78, 5) is 13.7. The van der Waals surface area contributed by atoms with Crippen molar-refractivity contribution >= 4 is 28.2 Å². The van der Waals surface area contributed by atoms with Crippen LogP contribution in [0.4, 0.5) is 17.3 Å². The summed E-state index contributed by atoms with van der Waals surface area (Å²) in [5, 5.41) is 7.71. The van der Waals surface area contributed by atoms with Gasteiger partial charge in [-0.25, -0.2) is 15.0 Å². The van der Waals surface area contributed by atoms with E-state index in [0.29, 0.717) is 31.6 Å². The van der Waals surface area contributed by atoms with Crippen LogP contribution in [-0.4, -0.2) is 28.1 Å². The fraction of sp³-hybridized carbons (Fsp3) is 0.208. The first-order valence-electron chi connectivity index (χ1n) is 10.3. The Kier molecular flexibility index (Phi) is 4.21. The minimum absolute atomic E-state index is 0.568. The standard InChI is InChI=1S/C24H21N5O2/c1-14-20(11-26-23-22(14)25-6-7-31-23)15-2-3-16-10-27-24(29-21(16)9-15)28-19-5-4-17-12-30-13-18(17)8-19/h2-5,8-11,25H,6-7,12-13H2,1H3,(H,27,28,29). The Balaban J connectivity index is 1.35. The highest BCUT2D eigenvalue weighted by molar-refractivity contribution is 5.86. The Labute approximate surface area is 179 Å². The van der Waals surface area contributed by atoms with Crippen LogP contribution in [-0.2, 0) is 18.0 Å². The smallest absolute Gasteiger partial charge is 0.237 e. The van der Waals surface area contributed by atoms with Crippen molar-refractivity contribution < 1.29 is 9.47 Å². The zero-order valence-corrected chi connectivity index (χ0v) is 17.1. The van der Waals surface area contributed by atoms with Gasteiger partial charge in [0.2, 0.25) is 11.8 Å². The second kappa shape index (κ2) is 7.21. The molecule has 0 unspecified atom stereocenters. The number of nitrogens with zero attached hydrogens (tertiary/aromatic N) is 3. The third-order valence-electron chi connectivity index (χ3n) is 5.82. The minimum atomic E-state index is 0.568. The van der Waals surface area contributed by atoms with Crippen LogP contribution in [0.1, 0.15) is 16.7 Å². The molecule has 7 nitrogen and oxygen atoms in total. The summed E-state index contributed by atoms with van der Waals surface area (Å²) in [6.45, 7) is 4.85. The zero-order chi connectivity index (χ0) is 20.8. The molecule has 4 aromatic rings. The number of fused-ring (bicyclic) bond motifs is 3. The molecule has 0 bridgehead atoms. The second-order valence-electron chi connectivity index (χ2n) is 7.82. The van der Waals surface area contributed by atoms with Crippen molar-refractivity contribution in [2.45, 2.75) is 20.1 Å². The van der Waals surface area contributed by atoms with Gasteiger partial charge in [0.1, 0.15) is 12.3 Å². The van der Waals surface area contributed by atoms with Crippen molar-refractivity contribution in [3.8, 4) is 17.0 Å². The molecule has 2 aliphatic heterocycles. The Bertz CT molecular complexity index is 1320. The Hall–Kier alpha value is -3.71. The summed E-state index contributed by atoms with van der Waals surface area (Å²) >= 11 is 0. The number of hydrogen-bond donors (Lipinski definition) is 2. The van der Waals surface area contributed by atoms with E-state index < -0.39 is 0 Å². The van der Waals surface area contributed by atoms with E-state index in [9.17, 15) is 0 Å². The van der Waals surface area contributed by atoms with Crippen LogP contribution in [0.25, 0.3) is 22.0 Å². The highest BCUT2D eigenvalue weighted by atomic mass is 16.5. The lowest BCUT2D eigenvalue weighted by Crippen LogP contribution is -2.20. The fourth-order valence-electron chi connectivity index (χ4n) is 4.14. The molecule has 2 aromatic carbocycles. The monoisotopic (exact) mass is 411 g/mol. The van der Waals surface area contributed by atoms with E-state index in [0.717, 1.165) is 45.5 Å². The first-order valence-corrected chi connectivity index (χ1v) is 10.3. The van der Waals surface area contributed by atoms with Gasteiger partial charge in [-0.1, -0.05) is 18.2 Å². The normalized spacial score (nSPS) is 14.5. The number of rotatable bonds is 3. The molecule has 4 heterocycles. The third kappa shape index (κ3) is 3.23. The quantitative estimate of drug-likeness (QED) is 0.511. The number of nitrogens with one attached hydrogen (secondary N) is 2. The Morgan fingerprint density at radius 2 is 1.94 bits per heavy atom. The van der Waals surface area contributed by atoms with Crippen LogP contribution in [0.2, 0.25) is 0 Å². The molecule has 0 atom stereocenters. The number of ether oxygens (including phenoxy) is 2. The first-order chi connectivity index (χ1) is 15.2. The number of anilines is 3. The van der Waals surface area contributed by atoms with E-state index in [1.54, 1.807) is 0 Å². The van der Waals surface area contributed by atoms with Crippen molar-refractivity contribution in [2.75, 3.05) is 23.8 Å². The molecule has 0 saturated carbocycles. The van der Waals surface area contributed by atoms with Crippen LogP contribution in [0.3, 0.4) is 0 Å². The molecule has 0 saturated heterocycles. The van der Waals surface area contributed by atoms with Crippen molar-refractivity contribution in [1.29, 1.82) is 0 Å². The van der Waals surface area contributed by atoms with Gasteiger partial charge in [0, 0.05) is 35.6 Å². The average molecular weight is 411 g/mol. The summed E-state index contributed by atoms with van der Waals surface area (Å²) in [6.07, 6.45) is 3.72. The molecular formula is C24H21N5O2. The summed E-state index contributed by atoms with van der Waals surface area (Å²) < 4.78 is 11.2. The second-order valence-corrected chi connectivity index (χ2v) is 7.82. The largest absolute Gasteiger partial charge is 0.474 e. The summed E-state index contributed by atoms with van der Waals surface area (Å²) in [6, 6.07) is 12.4. The van der Waals surface area contributed by atoms with Gasteiger partial charge in [0.15, 0.2) is 0 Å². The molecule has 0 aliphatic carbocycles. The van der Waals surface area contributed by atoms with E-state index in [1.807, 2.05) is 24.5 Å². The predicted octanol–water partition coefficient (Wildman–Crippen LogP) is 4.58. The molecule has 0 amide bonds. The van der Waals surface area contributed by atoms with E-state index in [4.69, 9.17) is 14.5 Å². The summed E-state index contributed by atoms with van der Waals surface area (Å²) in [7, 11) is 0. The lowest BCUT2D eigenvalue weighted by atomic mass is 10.00. The topological polar surface area (TPSA) is 81.2 Å². The molecule has 7 heteroatoms. The maximum Gasteiger partial charge on any atom is 0.237 e. The molecule has 6 rings (SSSR count). The molecule has 0 radical (unpaired) electrons. The maximum absolute atomic E-state index is 5.66. The Morgan fingerprint density at radius 1 is 1.00 bits per heavy atom. The van der Waals surface area contributed by atoms with E-state index in [2.05, 4.69) is 51.8 Å². The van der Waals surface area contributed by atoms with Crippen LogP contribution >= 0.6 is 0 Å². The highest BCUT2D eigenvalue weighted by Gasteiger charge is 2.17. The minimum Gasteiger partial charge on any atom is -0.474 e. The Morgan fingerprint density at radius 3 is 2.90 bits per heavy atom. The molecule has 2 aliphatic rings. The van der Waals surface area contributed by atoms with Crippen molar-refractivity contribution in [2.24, 2.45) is 0 Å². The van der Waals surface area contributed by atoms with Gasteiger partial charge >= 0.3 is 0 Å². The number of pyridine rings is 1. The number of hydrogen-bond acceptors (Lipinski definition) is 7. The predicted molar refractivity (Wildman–Crippen MR) is 120 cm³/mol. The maximum atomic E-state index is 5.66. The lowest BCUT2D eigenvalue weighted by molar-refractivity contribution is 0.134. The molecule has 2 N–H and O–H groups in total. The molecule has 31 heavy (non-hydrogen) atoms. The van der Waals surface area contributed by atoms with E-state index >= 15 is 0 Å². The lowest BCUT2D eigenvalue weighted by Gasteiger charge is -2.21. The summed E-state index contributed by atoms with van der Waals surface area (Å²) in [5.41, 5.74) is 8.50. The van der Waals surface area contributed by atoms with Crippen molar-refractivity contribution in [3.63, 3.8) is 0 Å². The average Bonchev–Trinajstić information content (AvgIpc) is 3.27. The third-order valence-corrected chi connectivity index (χ3v) is 5.82. The van der Waals surface area contributed by atoms with Crippen LogP contribution < -0.4 is 15.4 Å². The highest BCUT2D eigenvalue weighted by Crippen LogP contribution is 2.36. The van der Waals surface area contributed by atoms with Gasteiger partial charge in [0.05, 0.1) is 18.7 Å². The summed E-state index contributed by atoms with van der Waals surface area (Å²) in [5.74, 6) is 1.24. The molecule has 0 spiro atoms. The van der Waals surface area contributed by atoms with Gasteiger partial charge in [0.25, 0.3) is 0 Å².